The van der Waals surface area contributed by atoms with Crippen LogP contribution in [0.3, 0.4) is 0 Å². The fourth-order valence-electron chi connectivity index (χ4n) is 1.68. The van der Waals surface area contributed by atoms with E-state index in [1.807, 2.05) is 0 Å². The number of esters is 1. The van der Waals surface area contributed by atoms with Crippen LogP contribution in [-0.4, -0.2) is 68.8 Å². The minimum atomic E-state index is -1.89. The molecule has 0 aromatic heterocycles. The summed E-state index contributed by atoms with van der Waals surface area (Å²) in [6.45, 7) is -0.845. The topological polar surface area (TPSA) is 145 Å². The molecule has 0 amide bonds. The van der Waals surface area contributed by atoms with E-state index in [-0.39, 0.29) is 12.0 Å². The minimum absolute atomic E-state index is 0.0158. The molecule has 0 aliphatic carbocycles. The van der Waals surface area contributed by atoms with Crippen LogP contribution in [0.15, 0.2) is 30.3 Å². The summed E-state index contributed by atoms with van der Waals surface area (Å²) in [5, 5.41) is 46.5. The summed E-state index contributed by atoms with van der Waals surface area (Å²) < 4.78 is 4.78. The summed E-state index contributed by atoms with van der Waals surface area (Å²) in [6.07, 6.45) is -4.77. The van der Waals surface area contributed by atoms with Crippen molar-refractivity contribution in [2.45, 2.75) is 24.4 Å². The third-order valence-corrected chi connectivity index (χ3v) is 2.95. The SMILES string of the molecule is O=C[C@H](O)[C@@H](O)[C@H](OC(=O)C=Cc1ccc(O)cc1)[C@H](O)CO. The first kappa shape index (κ1) is 18.8. The highest BCUT2D eigenvalue weighted by molar-refractivity contribution is 5.87. The fraction of sp³-hybridized carbons (Fsp3) is 0.333. The Labute approximate surface area is 131 Å². The number of hydrogen-bond acceptors (Lipinski definition) is 8. The average Bonchev–Trinajstić information content (AvgIpc) is 2.57. The van der Waals surface area contributed by atoms with Gasteiger partial charge in [0.05, 0.1) is 6.61 Å². The largest absolute Gasteiger partial charge is 0.508 e. The summed E-state index contributed by atoms with van der Waals surface area (Å²) >= 11 is 0. The molecule has 0 bridgehead atoms. The molecule has 0 saturated carbocycles. The number of hydrogen-bond donors (Lipinski definition) is 5. The summed E-state index contributed by atoms with van der Waals surface area (Å²) in [6, 6.07) is 5.88. The number of phenolic OH excluding ortho intramolecular Hbond substituents is 1. The van der Waals surface area contributed by atoms with Crippen LogP contribution in [0.5, 0.6) is 5.75 Å². The molecule has 0 aliphatic heterocycles. The van der Waals surface area contributed by atoms with E-state index in [1.165, 1.54) is 30.3 Å². The third kappa shape index (κ3) is 5.80. The molecule has 0 spiro atoms. The van der Waals surface area contributed by atoms with E-state index in [0.29, 0.717) is 5.56 Å². The lowest BCUT2D eigenvalue weighted by molar-refractivity contribution is -0.170. The van der Waals surface area contributed by atoms with Gasteiger partial charge in [0.25, 0.3) is 0 Å². The van der Waals surface area contributed by atoms with Crippen LogP contribution in [-0.2, 0) is 14.3 Å². The van der Waals surface area contributed by atoms with E-state index < -0.39 is 37.0 Å². The van der Waals surface area contributed by atoms with Gasteiger partial charge in [0.1, 0.15) is 24.1 Å². The van der Waals surface area contributed by atoms with Crippen molar-refractivity contribution in [2.75, 3.05) is 6.61 Å². The standard InChI is InChI=1S/C15H18O8/c16-7-11(19)14(22)15(12(20)8-17)23-13(21)6-3-9-1-4-10(18)5-2-9/h1-7,11-12,14-15,17-20,22H,8H2/t11-,12+,14+,15+/m0/s1. The summed E-state index contributed by atoms with van der Waals surface area (Å²) in [5.41, 5.74) is 0.576. The van der Waals surface area contributed by atoms with E-state index in [2.05, 4.69) is 0 Å². The Morgan fingerprint density at radius 2 is 1.78 bits per heavy atom. The maximum absolute atomic E-state index is 11.7. The molecule has 0 radical (unpaired) electrons. The highest BCUT2D eigenvalue weighted by Crippen LogP contribution is 2.12. The van der Waals surface area contributed by atoms with Gasteiger partial charge in [0.2, 0.25) is 0 Å². The van der Waals surface area contributed by atoms with Gasteiger partial charge in [-0.15, -0.1) is 0 Å². The molecular weight excluding hydrogens is 308 g/mol. The summed E-state index contributed by atoms with van der Waals surface area (Å²) in [7, 11) is 0. The Hall–Kier alpha value is -2.26. The van der Waals surface area contributed by atoms with Gasteiger partial charge < -0.3 is 35.1 Å². The Morgan fingerprint density at radius 1 is 1.17 bits per heavy atom. The second-order valence-corrected chi connectivity index (χ2v) is 4.69. The zero-order valence-corrected chi connectivity index (χ0v) is 12.0. The summed E-state index contributed by atoms with van der Waals surface area (Å²) in [5.74, 6) is -0.908. The van der Waals surface area contributed by atoms with Crippen molar-refractivity contribution in [2.24, 2.45) is 0 Å². The second kappa shape index (κ2) is 9.01. The number of aliphatic hydroxyl groups excluding tert-OH is 4. The minimum Gasteiger partial charge on any atom is -0.508 e. The lowest BCUT2D eigenvalue weighted by Gasteiger charge is -2.27. The molecule has 126 valence electrons. The van der Waals surface area contributed by atoms with Gasteiger partial charge in [-0.3, -0.25) is 0 Å². The highest BCUT2D eigenvalue weighted by Gasteiger charge is 2.34. The fourth-order valence-corrected chi connectivity index (χ4v) is 1.68. The molecule has 1 aromatic rings. The normalized spacial score (nSPS) is 16.5. The molecule has 0 heterocycles. The first-order chi connectivity index (χ1) is 10.9. The van der Waals surface area contributed by atoms with Crippen molar-refractivity contribution in [3.05, 3.63) is 35.9 Å². The van der Waals surface area contributed by atoms with E-state index in [9.17, 15) is 24.9 Å². The molecule has 0 saturated heterocycles. The number of aldehydes is 1. The van der Waals surface area contributed by atoms with Crippen LogP contribution in [0.25, 0.3) is 6.08 Å². The predicted octanol–water partition coefficient (Wildman–Crippen LogP) is -1.41. The van der Waals surface area contributed by atoms with Crippen molar-refractivity contribution >= 4 is 18.3 Å². The average molecular weight is 326 g/mol. The Bertz CT molecular complexity index is 539. The van der Waals surface area contributed by atoms with Crippen LogP contribution < -0.4 is 0 Å². The van der Waals surface area contributed by atoms with Gasteiger partial charge in [0.15, 0.2) is 12.4 Å². The Kier molecular flexibility index (Phi) is 7.36. The number of ether oxygens (including phenoxy) is 1. The van der Waals surface area contributed by atoms with Crippen LogP contribution in [0.4, 0.5) is 0 Å². The predicted molar refractivity (Wildman–Crippen MR) is 78.2 cm³/mol. The number of benzene rings is 1. The van der Waals surface area contributed by atoms with Gasteiger partial charge in [-0.05, 0) is 23.8 Å². The molecule has 4 atom stereocenters. The van der Waals surface area contributed by atoms with Crippen molar-refractivity contribution in [1.29, 1.82) is 0 Å². The molecule has 5 N–H and O–H groups in total. The van der Waals surface area contributed by atoms with Gasteiger partial charge in [-0.1, -0.05) is 12.1 Å². The van der Waals surface area contributed by atoms with Crippen molar-refractivity contribution in [3.63, 3.8) is 0 Å². The van der Waals surface area contributed by atoms with Crippen molar-refractivity contribution in [1.82, 2.24) is 0 Å². The van der Waals surface area contributed by atoms with Crippen LogP contribution in [0.2, 0.25) is 0 Å². The first-order valence-corrected chi connectivity index (χ1v) is 6.67. The highest BCUT2D eigenvalue weighted by atomic mass is 16.6. The van der Waals surface area contributed by atoms with Crippen molar-refractivity contribution < 1.29 is 39.9 Å². The number of aliphatic hydroxyl groups is 4. The number of aromatic hydroxyl groups is 1. The van der Waals surface area contributed by atoms with E-state index in [1.54, 1.807) is 0 Å². The lowest BCUT2D eigenvalue weighted by atomic mass is 10.0. The van der Waals surface area contributed by atoms with Gasteiger partial charge in [-0.2, -0.15) is 0 Å². The van der Waals surface area contributed by atoms with Gasteiger partial charge in [-0.25, -0.2) is 4.79 Å². The number of rotatable bonds is 8. The Balaban J connectivity index is 2.76. The van der Waals surface area contributed by atoms with Crippen LogP contribution in [0, 0.1) is 0 Å². The maximum atomic E-state index is 11.7. The number of carbonyl (C=O) groups excluding carboxylic acids is 2. The molecule has 1 rings (SSSR count). The lowest BCUT2D eigenvalue weighted by Crippen LogP contribution is -2.48. The van der Waals surface area contributed by atoms with E-state index in [0.717, 1.165) is 6.08 Å². The summed E-state index contributed by atoms with van der Waals surface area (Å²) in [4.78, 5) is 22.2. The molecule has 1 aromatic carbocycles. The second-order valence-electron chi connectivity index (χ2n) is 4.69. The quantitative estimate of drug-likeness (QED) is 0.223. The molecule has 8 heteroatoms. The number of carbonyl (C=O) groups is 2. The monoisotopic (exact) mass is 326 g/mol. The maximum Gasteiger partial charge on any atom is 0.331 e. The van der Waals surface area contributed by atoms with E-state index in [4.69, 9.17) is 14.9 Å². The number of phenols is 1. The zero-order valence-electron chi connectivity index (χ0n) is 12.0. The molecule has 8 nitrogen and oxygen atoms in total. The molecular formula is C15H18O8. The van der Waals surface area contributed by atoms with E-state index >= 15 is 0 Å². The van der Waals surface area contributed by atoms with Gasteiger partial charge in [0, 0.05) is 6.08 Å². The Morgan fingerprint density at radius 3 is 2.30 bits per heavy atom. The molecule has 0 unspecified atom stereocenters. The first-order valence-electron chi connectivity index (χ1n) is 6.67. The molecule has 0 fully saturated rings. The smallest absolute Gasteiger partial charge is 0.331 e. The van der Waals surface area contributed by atoms with Crippen LogP contribution >= 0.6 is 0 Å². The zero-order chi connectivity index (χ0) is 17.4. The molecule has 23 heavy (non-hydrogen) atoms. The van der Waals surface area contributed by atoms with Crippen LogP contribution in [0.1, 0.15) is 5.56 Å². The third-order valence-electron chi connectivity index (χ3n) is 2.95. The molecule has 0 aliphatic rings. The van der Waals surface area contributed by atoms with Gasteiger partial charge >= 0.3 is 5.97 Å². The van der Waals surface area contributed by atoms with Crippen molar-refractivity contribution in [3.8, 4) is 5.75 Å².